The molecule has 1 aliphatic heterocycles. The number of hydrogen-bond donors (Lipinski definition) is 1. The Bertz CT molecular complexity index is 1110. The van der Waals surface area contributed by atoms with Gasteiger partial charge in [0.05, 0.1) is 33.1 Å². The number of aryl methyl sites for hydroxylation is 1. The first-order chi connectivity index (χ1) is 16.9. The number of hydrogen-bond acceptors (Lipinski definition) is 7. The minimum absolute atomic E-state index is 0.107. The molecule has 2 aromatic carbocycles. The number of β-amino-alcohol motifs (C(OH)–C–C–N with tert-alkyl or cyclic N) is 1. The lowest BCUT2D eigenvalue weighted by Gasteiger charge is -2.30. The number of ether oxygens (including phenoxy) is 4. The van der Waals surface area contributed by atoms with Gasteiger partial charge in [-0.2, -0.15) is 5.10 Å². The number of nitrogens with zero attached hydrogens (tertiary/aromatic N) is 3. The third kappa shape index (κ3) is 7.35. The third-order valence-electron chi connectivity index (χ3n) is 5.72. The molecule has 4 rings (SSSR count). The summed E-state index contributed by atoms with van der Waals surface area (Å²) in [5, 5.41) is 16.1. The Morgan fingerprint density at radius 2 is 2.06 bits per heavy atom. The van der Waals surface area contributed by atoms with Gasteiger partial charge < -0.3 is 24.1 Å². The second-order valence-corrected chi connectivity index (χ2v) is 9.28. The van der Waals surface area contributed by atoms with Gasteiger partial charge in [-0.1, -0.05) is 23.7 Å². The summed E-state index contributed by atoms with van der Waals surface area (Å²) in [6.45, 7) is 5.74. The summed E-state index contributed by atoms with van der Waals surface area (Å²) >= 11 is 6.03. The summed E-state index contributed by atoms with van der Waals surface area (Å²) in [6.07, 6.45) is 3.81. The molecule has 1 N–H and O–H groups in total. The second-order valence-electron chi connectivity index (χ2n) is 8.85. The van der Waals surface area contributed by atoms with E-state index >= 15 is 0 Å². The van der Waals surface area contributed by atoms with Crippen LogP contribution in [-0.4, -0.2) is 72.0 Å². The van der Waals surface area contributed by atoms with Crippen LogP contribution in [0.2, 0.25) is 5.02 Å². The highest BCUT2D eigenvalue weighted by molar-refractivity contribution is 6.30. The van der Waals surface area contributed by atoms with E-state index in [0.29, 0.717) is 61.7 Å². The van der Waals surface area contributed by atoms with Gasteiger partial charge in [0.2, 0.25) is 0 Å². The number of benzene rings is 2. The maximum absolute atomic E-state index is 11.2. The van der Waals surface area contributed by atoms with Crippen LogP contribution in [0.15, 0.2) is 54.9 Å². The number of aromatic nitrogens is 2. The standard InChI is InChI=1S/C26H32ClN3O5/c1-20-14-28-30(15-20)9-11-34-24-7-6-21(12-25(24)32-2)16-29-8-10-33-18-26(31,17-29)19-35-23-5-3-4-22(27)13-23/h3-7,12-15,31H,8-11,16-19H2,1-2H3. The number of rotatable bonds is 10. The van der Waals surface area contributed by atoms with Crippen LogP contribution in [-0.2, 0) is 17.8 Å². The van der Waals surface area contributed by atoms with Gasteiger partial charge in [-0.3, -0.25) is 9.58 Å². The molecule has 1 aromatic heterocycles. The van der Waals surface area contributed by atoms with E-state index in [1.807, 2.05) is 54.3 Å². The quantitative estimate of drug-likeness (QED) is 0.455. The average Bonchev–Trinajstić information content (AvgIpc) is 3.16. The molecule has 8 nitrogen and oxygen atoms in total. The summed E-state index contributed by atoms with van der Waals surface area (Å²) in [7, 11) is 1.63. The van der Waals surface area contributed by atoms with Gasteiger partial charge in [0.1, 0.15) is 24.6 Å². The fourth-order valence-corrected chi connectivity index (χ4v) is 4.20. The summed E-state index contributed by atoms with van der Waals surface area (Å²) in [5.41, 5.74) is 1.03. The lowest BCUT2D eigenvalue weighted by atomic mass is 10.1. The Balaban J connectivity index is 1.35. The Morgan fingerprint density at radius 1 is 1.17 bits per heavy atom. The van der Waals surface area contributed by atoms with Crippen molar-refractivity contribution in [2.24, 2.45) is 0 Å². The van der Waals surface area contributed by atoms with Gasteiger partial charge in [0, 0.05) is 30.9 Å². The van der Waals surface area contributed by atoms with Gasteiger partial charge >= 0.3 is 0 Å². The van der Waals surface area contributed by atoms with Gasteiger partial charge in [0.25, 0.3) is 0 Å². The number of aliphatic hydroxyl groups is 1. The number of methoxy groups -OCH3 is 1. The first-order valence-electron chi connectivity index (χ1n) is 11.6. The topological polar surface area (TPSA) is 78.2 Å². The van der Waals surface area contributed by atoms with Crippen LogP contribution in [0.25, 0.3) is 0 Å². The van der Waals surface area contributed by atoms with Crippen molar-refractivity contribution in [1.82, 2.24) is 14.7 Å². The molecule has 0 saturated carbocycles. The molecular weight excluding hydrogens is 470 g/mol. The van der Waals surface area contributed by atoms with Gasteiger partial charge in [-0.25, -0.2) is 0 Å². The highest BCUT2D eigenvalue weighted by atomic mass is 35.5. The maximum atomic E-state index is 11.2. The van der Waals surface area contributed by atoms with Crippen molar-refractivity contribution in [3.05, 3.63) is 71.0 Å². The van der Waals surface area contributed by atoms with E-state index in [2.05, 4.69) is 10.00 Å². The molecule has 1 atom stereocenters. The summed E-state index contributed by atoms with van der Waals surface area (Å²) in [4.78, 5) is 2.16. The molecule has 0 aliphatic carbocycles. The lowest BCUT2D eigenvalue weighted by molar-refractivity contribution is -0.0646. The van der Waals surface area contributed by atoms with Crippen molar-refractivity contribution < 1.29 is 24.1 Å². The smallest absolute Gasteiger partial charge is 0.161 e. The van der Waals surface area contributed by atoms with Crippen LogP contribution >= 0.6 is 11.6 Å². The van der Waals surface area contributed by atoms with Crippen LogP contribution in [0, 0.1) is 6.92 Å². The largest absolute Gasteiger partial charge is 0.493 e. The third-order valence-corrected chi connectivity index (χ3v) is 5.95. The first kappa shape index (κ1) is 25.3. The monoisotopic (exact) mass is 501 g/mol. The fraction of sp³-hybridized carbons (Fsp3) is 0.423. The summed E-state index contributed by atoms with van der Waals surface area (Å²) in [5.74, 6) is 1.97. The van der Waals surface area contributed by atoms with Crippen molar-refractivity contribution in [3.63, 3.8) is 0 Å². The summed E-state index contributed by atoms with van der Waals surface area (Å²) < 4.78 is 24.9. The predicted molar refractivity (Wildman–Crippen MR) is 133 cm³/mol. The van der Waals surface area contributed by atoms with E-state index in [1.54, 1.807) is 19.2 Å². The minimum atomic E-state index is -1.14. The molecule has 1 unspecified atom stereocenters. The predicted octanol–water partition coefficient (Wildman–Crippen LogP) is 3.57. The van der Waals surface area contributed by atoms with Crippen LogP contribution in [0.1, 0.15) is 11.1 Å². The highest BCUT2D eigenvalue weighted by Gasteiger charge is 2.33. The maximum Gasteiger partial charge on any atom is 0.161 e. The molecule has 0 spiro atoms. The Labute approximate surface area is 210 Å². The van der Waals surface area contributed by atoms with Crippen LogP contribution in [0.4, 0.5) is 0 Å². The van der Waals surface area contributed by atoms with E-state index in [4.69, 9.17) is 30.5 Å². The Morgan fingerprint density at radius 3 is 2.83 bits per heavy atom. The molecule has 0 amide bonds. The zero-order chi connectivity index (χ0) is 24.7. The van der Waals surface area contributed by atoms with Crippen molar-refractivity contribution in [1.29, 1.82) is 0 Å². The minimum Gasteiger partial charge on any atom is -0.493 e. The summed E-state index contributed by atoms with van der Waals surface area (Å²) in [6, 6.07) is 13.1. The average molecular weight is 502 g/mol. The van der Waals surface area contributed by atoms with Crippen LogP contribution in [0.3, 0.4) is 0 Å². The zero-order valence-electron chi connectivity index (χ0n) is 20.2. The van der Waals surface area contributed by atoms with Gasteiger partial charge in [-0.15, -0.1) is 0 Å². The molecule has 188 valence electrons. The molecular formula is C26H32ClN3O5. The fourth-order valence-electron chi connectivity index (χ4n) is 4.02. The van der Waals surface area contributed by atoms with E-state index in [-0.39, 0.29) is 13.2 Å². The molecule has 3 aromatic rings. The molecule has 1 fully saturated rings. The molecule has 2 heterocycles. The molecule has 0 bridgehead atoms. The molecule has 9 heteroatoms. The van der Waals surface area contributed by atoms with Gasteiger partial charge in [-0.05, 0) is 48.4 Å². The van der Waals surface area contributed by atoms with Gasteiger partial charge in [0.15, 0.2) is 11.5 Å². The van der Waals surface area contributed by atoms with E-state index in [9.17, 15) is 5.11 Å². The van der Waals surface area contributed by atoms with Crippen molar-refractivity contribution in [2.75, 3.05) is 46.6 Å². The SMILES string of the molecule is COc1cc(CN2CCOCC(O)(COc3cccc(Cl)c3)C2)ccc1OCCn1cc(C)cn1. The van der Waals surface area contributed by atoms with E-state index < -0.39 is 5.60 Å². The molecule has 1 aliphatic rings. The number of halogens is 1. The van der Waals surface area contributed by atoms with Crippen molar-refractivity contribution in [2.45, 2.75) is 25.6 Å². The Hall–Kier alpha value is -2.78. The Kier molecular flexibility index (Phi) is 8.51. The molecule has 0 radical (unpaired) electrons. The normalized spacial score (nSPS) is 18.7. The van der Waals surface area contributed by atoms with Crippen LogP contribution < -0.4 is 14.2 Å². The van der Waals surface area contributed by atoms with Crippen molar-refractivity contribution >= 4 is 11.6 Å². The second kappa shape index (κ2) is 11.8. The zero-order valence-corrected chi connectivity index (χ0v) is 20.9. The van der Waals surface area contributed by atoms with Crippen LogP contribution in [0.5, 0.6) is 17.2 Å². The lowest BCUT2D eigenvalue weighted by Crippen LogP contribution is -2.48. The van der Waals surface area contributed by atoms with E-state index in [0.717, 1.165) is 11.1 Å². The highest BCUT2D eigenvalue weighted by Crippen LogP contribution is 2.29. The van der Waals surface area contributed by atoms with E-state index in [1.165, 1.54) is 0 Å². The molecule has 35 heavy (non-hydrogen) atoms. The molecule has 1 saturated heterocycles. The van der Waals surface area contributed by atoms with Crippen molar-refractivity contribution in [3.8, 4) is 17.2 Å². The first-order valence-corrected chi connectivity index (χ1v) is 12.0.